The van der Waals surface area contributed by atoms with Crippen molar-refractivity contribution in [3.8, 4) is 5.75 Å². The molecule has 2 amide bonds. The predicted molar refractivity (Wildman–Crippen MR) is 119 cm³/mol. The predicted octanol–water partition coefficient (Wildman–Crippen LogP) is 2.95. The summed E-state index contributed by atoms with van der Waals surface area (Å²) >= 11 is 0. The zero-order valence-corrected chi connectivity index (χ0v) is 18.0. The maximum atomic E-state index is 12.0. The molecule has 0 aromatic heterocycles. The van der Waals surface area contributed by atoms with Gasteiger partial charge in [0.25, 0.3) is 5.91 Å². The Labute approximate surface area is 178 Å². The molecule has 0 aliphatic rings. The highest BCUT2D eigenvalue weighted by Gasteiger charge is 2.10. The van der Waals surface area contributed by atoms with Crippen LogP contribution in [0.3, 0.4) is 0 Å². The van der Waals surface area contributed by atoms with Gasteiger partial charge >= 0.3 is 0 Å². The number of amides is 2. The third-order valence-corrected chi connectivity index (χ3v) is 4.30. The molecule has 0 saturated carbocycles. The number of ether oxygens (including phenoxy) is 1. The average Bonchev–Trinajstić information content (AvgIpc) is 2.69. The van der Waals surface area contributed by atoms with E-state index in [2.05, 4.69) is 16.0 Å². The molecule has 2 aromatic carbocycles. The maximum Gasteiger partial charge on any atom is 0.262 e. The number of carbonyl (C=O) groups is 2. The Kier molecular flexibility index (Phi) is 10.8. The summed E-state index contributed by atoms with van der Waals surface area (Å²) < 4.78 is 5.53. The summed E-state index contributed by atoms with van der Waals surface area (Å²) in [5.41, 5.74) is 2.99. The first-order chi connectivity index (χ1) is 13.5. The van der Waals surface area contributed by atoms with Crippen molar-refractivity contribution in [2.24, 2.45) is 5.92 Å². The van der Waals surface area contributed by atoms with Crippen molar-refractivity contribution in [1.29, 1.82) is 0 Å². The fourth-order valence-corrected chi connectivity index (χ4v) is 2.64. The van der Waals surface area contributed by atoms with Crippen molar-refractivity contribution in [2.75, 3.05) is 32.1 Å². The quantitative estimate of drug-likeness (QED) is 0.553. The number of hydrogen-bond donors (Lipinski definition) is 3. The van der Waals surface area contributed by atoms with Crippen molar-refractivity contribution in [3.05, 3.63) is 59.7 Å². The minimum atomic E-state index is -0.202. The lowest BCUT2D eigenvalue weighted by atomic mass is 10.1. The molecule has 0 spiro atoms. The van der Waals surface area contributed by atoms with Crippen LogP contribution < -0.4 is 20.7 Å². The Morgan fingerprint density at radius 2 is 1.69 bits per heavy atom. The van der Waals surface area contributed by atoms with E-state index in [1.54, 1.807) is 0 Å². The molecule has 1 atom stereocenters. The minimum absolute atomic E-state index is 0. The Bertz CT molecular complexity index is 764. The molecule has 0 heterocycles. The number of hydrogen-bond acceptors (Lipinski definition) is 4. The first-order valence-corrected chi connectivity index (χ1v) is 9.48. The van der Waals surface area contributed by atoms with Gasteiger partial charge in [0.05, 0.1) is 0 Å². The van der Waals surface area contributed by atoms with Crippen molar-refractivity contribution in [2.45, 2.75) is 20.3 Å². The first kappa shape index (κ1) is 24.5. The van der Waals surface area contributed by atoms with Gasteiger partial charge in [0, 0.05) is 24.7 Å². The summed E-state index contributed by atoms with van der Waals surface area (Å²) in [6, 6.07) is 15.2. The summed E-state index contributed by atoms with van der Waals surface area (Å²) in [5, 5.41) is 8.73. The second-order valence-electron chi connectivity index (χ2n) is 6.85. The number of anilines is 1. The molecule has 29 heavy (non-hydrogen) atoms. The lowest BCUT2D eigenvalue weighted by Gasteiger charge is -2.12. The van der Waals surface area contributed by atoms with Crippen LogP contribution in [0.5, 0.6) is 5.75 Å². The van der Waals surface area contributed by atoms with E-state index in [4.69, 9.17) is 4.74 Å². The van der Waals surface area contributed by atoms with Crippen LogP contribution in [0.15, 0.2) is 48.5 Å². The highest BCUT2D eigenvalue weighted by Crippen LogP contribution is 2.13. The molecule has 0 aliphatic heterocycles. The van der Waals surface area contributed by atoms with E-state index in [1.807, 2.05) is 69.4 Å². The number of benzene rings is 2. The van der Waals surface area contributed by atoms with Gasteiger partial charge in [0.15, 0.2) is 6.61 Å². The second kappa shape index (κ2) is 12.8. The SMILES string of the molecule is CNCC(C)C(=O)NCCc1ccc(OCC(=O)Nc2ccc(C)cc2)cc1.Cl. The number of rotatable bonds is 10. The fraction of sp³-hybridized carbons (Fsp3) is 0.364. The smallest absolute Gasteiger partial charge is 0.262 e. The van der Waals surface area contributed by atoms with Gasteiger partial charge in [-0.2, -0.15) is 0 Å². The van der Waals surface area contributed by atoms with E-state index in [-0.39, 0.29) is 36.7 Å². The Morgan fingerprint density at radius 1 is 1.03 bits per heavy atom. The monoisotopic (exact) mass is 419 g/mol. The van der Waals surface area contributed by atoms with Gasteiger partial charge in [-0.15, -0.1) is 12.4 Å². The van der Waals surface area contributed by atoms with Crippen molar-refractivity contribution < 1.29 is 14.3 Å². The Balaban J connectivity index is 0.00000420. The summed E-state index contributed by atoms with van der Waals surface area (Å²) in [7, 11) is 1.83. The van der Waals surface area contributed by atoms with E-state index in [9.17, 15) is 9.59 Å². The first-order valence-electron chi connectivity index (χ1n) is 9.48. The van der Waals surface area contributed by atoms with Crippen LogP contribution in [-0.4, -0.2) is 38.6 Å². The number of carbonyl (C=O) groups excluding carboxylic acids is 2. The van der Waals surface area contributed by atoms with Crippen molar-refractivity contribution in [1.82, 2.24) is 10.6 Å². The molecule has 0 saturated heterocycles. The van der Waals surface area contributed by atoms with Crippen molar-refractivity contribution in [3.63, 3.8) is 0 Å². The highest BCUT2D eigenvalue weighted by atomic mass is 35.5. The van der Waals surface area contributed by atoms with Crippen LogP contribution in [0, 0.1) is 12.8 Å². The van der Waals surface area contributed by atoms with Gasteiger partial charge in [0.2, 0.25) is 5.91 Å². The van der Waals surface area contributed by atoms with Gasteiger partial charge < -0.3 is 20.7 Å². The standard InChI is InChI=1S/C22H29N3O3.ClH/c1-16-4-8-19(9-5-16)25-21(26)15-28-20-10-6-18(7-11-20)12-13-24-22(27)17(2)14-23-3;/h4-11,17,23H,12-15H2,1-3H3,(H,24,27)(H,25,26);1H. The molecule has 1 unspecified atom stereocenters. The molecule has 2 rings (SSSR count). The normalized spacial score (nSPS) is 11.1. The van der Waals surface area contributed by atoms with Crippen LogP contribution in [-0.2, 0) is 16.0 Å². The maximum absolute atomic E-state index is 12.0. The van der Waals surface area contributed by atoms with E-state index in [0.717, 1.165) is 23.2 Å². The third kappa shape index (κ3) is 8.98. The molecule has 0 bridgehead atoms. The van der Waals surface area contributed by atoms with Gasteiger partial charge in [-0.3, -0.25) is 9.59 Å². The molecule has 158 valence electrons. The Hall–Kier alpha value is -2.57. The molecule has 0 radical (unpaired) electrons. The summed E-state index contributed by atoms with van der Waals surface area (Å²) in [5.74, 6) is 0.432. The zero-order chi connectivity index (χ0) is 20.4. The molecule has 6 nitrogen and oxygen atoms in total. The zero-order valence-electron chi connectivity index (χ0n) is 17.2. The van der Waals surface area contributed by atoms with Gasteiger partial charge in [0.1, 0.15) is 5.75 Å². The van der Waals surface area contributed by atoms with Gasteiger partial charge in [-0.05, 0) is 50.2 Å². The van der Waals surface area contributed by atoms with Gasteiger partial charge in [-0.1, -0.05) is 36.8 Å². The molecule has 7 heteroatoms. The van der Waals surface area contributed by atoms with E-state index >= 15 is 0 Å². The van der Waals surface area contributed by atoms with E-state index in [1.165, 1.54) is 0 Å². The largest absolute Gasteiger partial charge is 0.484 e. The van der Waals surface area contributed by atoms with Crippen LogP contribution in [0.2, 0.25) is 0 Å². The molecular weight excluding hydrogens is 390 g/mol. The topological polar surface area (TPSA) is 79.5 Å². The molecule has 0 aliphatic carbocycles. The minimum Gasteiger partial charge on any atom is -0.484 e. The number of aryl methyl sites for hydroxylation is 1. The summed E-state index contributed by atoms with van der Waals surface area (Å²) in [6.07, 6.45) is 0.742. The molecular formula is C22H30ClN3O3. The van der Waals surface area contributed by atoms with E-state index < -0.39 is 0 Å². The molecule has 2 aromatic rings. The number of nitrogens with one attached hydrogen (secondary N) is 3. The van der Waals surface area contributed by atoms with Crippen LogP contribution >= 0.6 is 12.4 Å². The summed E-state index contributed by atoms with van der Waals surface area (Å²) in [6.45, 7) is 5.09. The lowest BCUT2D eigenvalue weighted by molar-refractivity contribution is -0.124. The number of halogens is 1. The third-order valence-electron chi connectivity index (χ3n) is 4.30. The van der Waals surface area contributed by atoms with E-state index in [0.29, 0.717) is 18.8 Å². The van der Waals surface area contributed by atoms with Gasteiger partial charge in [-0.25, -0.2) is 0 Å². The summed E-state index contributed by atoms with van der Waals surface area (Å²) in [4.78, 5) is 23.8. The molecule has 0 fully saturated rings. The highest BCUT2D eigenvalue weighted by molar-refractivity contribution is 5.91. The average molecular weight is 420 g/mol. The lowest BCUT2D eigenvalue weighted by Crippen LogP contribution is -2.35. The van der Waals surface area contributed by atoms with Crippen LogP contribution in [0.25, 0.3) is 0 Å². The Morgan fingerprint density at radius 3 is 2.31 bits per heavy atom. The fourth-order valence-electron chi connectivity index (χ4n) is 2.64. The van der Waals surface area contributed by atoms with Crippen LogP contribution in [0.4, 0.5) is 5.69 Å². The molecule has 3 N–H and O–H groups in total. The van der Waals surface area contributed by atoms with Crippen LogP contribution in [0.1, 0.15) is 18.1 Å². The van der Waals surface area contributed by atoms with Crippen molar-refractivity contribution >= 4 is 29.9 Å². The second-order valence-corrected chi connectivity index (χ2v) is 6.85.